The van der Waals surface area contributed by atoms with Crippen molar-refractivity contribution >= 4 is 53.5 Å². The summed E-state index contributed by atoms with van der Waals surface area (Å²) in [4.78, 5) is 16.8. The fraction of sp³-hybridized carbons (Fsp3) is 0.357. The lowest BCUT2D eigenvalue weighted by atomic mass is 10.1. The van der Waals surface area contributed by atoms with Crippen LogP contribution in [0.2, 0.25) is 0 Å². The number of furan rings is 1. The van der Waals surface area contributed by atoms with Crippen molar-refractivity contribution in [3.63, 3.8) is 0 Å². The Morgan fingerprint density at radius 3 is 2.44 bits per heavy atom. The molecule has 13 heteroatoms. The van der Waals surface area contributed by atoms with Crippen LogP contribution >= 0.6 is 0 Å². The number of carbonyl (C=O) groups is 1. The first-order valence-corrected chi connectivity index (χ1v) is 16.9. The highest BCUT2D eigenvalue weighted by Gasteiger charge is 2.20. The second-order valence-electron chi connectivity index (χ2n) is 10.4. The number of fused-ring (bicyclic) bond motifs is 2. The van der Waals surface area contributed by atoms with Gasteiger partial charge < -0.3 is 9.32 Å². The van der Waals surface area contributed by atoms with Gasteiger partial charge in [0.15, 0.2) is 5.76 Å². The molecule has 2 aromatic heterocycles. The van der Waals surface area contributed by atoms with E-state index in [1.54, 1.807) is 36.5 Å². The van der Waals surface area contributed by atoms with Crippen LogP contribution in [0.4, 0.5) is 5.69 Å². The van der Waals surface area contributed by atoms with Gasteiger partial charge in [0.05, 0.1) is 29.7 Å². The predicted octanol–water partition coefficient (Wildman–Crippen LogP) is 2.90. The molecule has 0 unspecified atom stereocenters. The Morgan fingerprint density at radius 2 is 1.76 bits per heavy atom. The van der Waals surface area contributed by atoms with E-state index >= 15 is 0 Å². The monoisotopic (exact) mass is 597 g/mol. The molecule has 0 spiro atoms. The number of amides is 1. The number of hydrogen-bond acceptors (Lipinski definition) is 9. The average Bonchev–Trinajstić information content (AvgIpc) is 3.51. The number of sulfonamides is 1. The zero-order valence-corrected chi connectivity index (χ0v) is 24.5. The summed E-state index contributed by atoms with van der Waals surface area (Å²) >= 11 is 0. The SMILES string of the molecule is CS(=O)(=O)NC(=O)c1cc2cc(N3CCN(CCCCc4cn(S(C)(=O)=O)c5ccc(C#N)cc45)CC3)ccc2o1. The summed E-state index contributed by atoms with van der Waals surface area (Å²) in [5.41, 5.74) is 3.55. The fourth-order valence-electron chi connectivity index (χ4n) is 5.25. The summed E-state index contributed by atoms with van der Waals surface area (Å²) in [6.07, 6.45) is 6.35. The van der Waals surface area contributed by atoms with E-state index in [4.69, 9.17) is 4.42 Å². The van der Waals surface area contributed by atoms with Gasteiger partial charge in [0.2, 0.25) is 20.0 Å². The molecule has 0 atom stereocenters. The number of aryl methyl sites for hydroxylation is 1. The number of carbonyl (C=O) groups excluding carboxylic acids is 1. The van der Waals surface area contributed by atoms with Gasteiger partial charge in [0.25, 0.3) is 5.91 Å². The number of unbranched alkanes of at least 4 members (excludes halogenated alkanes) is 1. The van der Waals surface area contributed by atoms with Gasteiger partial charge >= 0.3 is 0 Å². The molecule has 4 aromatic rings. The highest BCUT2D eigenvalue weighted by molar-refractivity contribution is 7.89. The molecule has 1 N–H and O–H groups in total. The van der Waals surface area contributed by atoms with Crippen molar-refractivity contribution < 1.29 is 26.0 Å². The van der Waals surface area contributed by atoms with Crippen LogP contribution in [0.3, 0.4) is 0 Å². The van der Waals surface area contributed by atoms with Crippen molar-refractivity contribution in [2.24, 2.45) is 0 Å². The van der Waals surface area contributed by atoms with Gasteiger partial charge in [-0.1, -0.05) is 0 Å². The minimum absolute atomic E-state index is 0.0567. The predicted molar refractivity (Wildman–Crippen MR) is 157 cm³/mol. The number of piperazine rings is 1. The van der Waals surface area contributed by atoms with E-state index in [1.165, 1.54) is 10.2 Å². The first kappa shape index (κ1) is 28.7. The molecule has 1 saturated heterocycles. The number of aromatic nitrogens is 1. The van der Waals surface area contributed by atoms with E-state index in [0.717, 1.165) is 80.3 Å². The minimum atomic E-state index is -3.68. The summed E-state index contributed by atoms with van der Waals surface area (Å²) < 4.78 is 56.0. The first-order chi connectivity index (χ1) is 19.4. The zero-order valence-electron chi connectivity index (χ0n) is 22.8. The van der Waals surface area contributed by atoms with Gasteiger partial charge in [-0.3, -0.25) is 9.69 Å². The molecule has 1 aliphatic heterocycles. The van der Waals surface area contributed by atoms with Crippen molar-refractivity contribution in [2.75, 3.05) is 50.1 Å². The number of anilines is 1. The third-order valence-corrected chi connectivity index (χ3v) is 8.82. The van der Waals surface area contributed by atoms with Crippen LogP contribution in [0, 0.1) is 11.3 Å². The summed E-state index contributed by atoms with van der Waals surface area (Å²) in [6, 6.07) is 14.4. The van der Waals surface area contributed by atoms with Crippen LogP contribution in [0.1, 0.15) is 34.5 Å². The number of nitrogens with zero attached hydrogens (tertiary/aromatic N) is 4. The molecule has 1 fully saturated rings. The highest BCUT2D eigenvalue weighted by atomic mass is 32.2. The second kappa shape index (κ2) is 11.2. The van der Waals surface area contributed by atoms with Crippen LogP contribution in [0.5, 0.6) is 0 Å². The molecular weight excluding hydrogens is 566 g/mol. The fourth-order valence-corrected chi connectivity index (χ4v) is 6.52. The van der Waals surface area contributed by atoms with E-state index in [1.807, 2.05) is 16.9 Å². The van der Waals surface area contributed by atoms with E-state index in [-0.39, 0.29) is 5.76 Å². The van der Waals surface area contributed by atoms with Gasteiger partial charge in [-0.25, -0.2) is 25.5 Å². The molecule has 216 valence electrons. The number of hydrogen-bond donors (Lipinski definition) is 1. The standard InChI is InChI=1S/C28H31N5O6S2/c1-40(35,36)30-28(34)27-17-22-16-23(7-9-26(22)39-27)32-13-11-31(12-14-32)10-4-3-5-21-19-33(41(2,37)38)25-8-6-20(18-29)15-24(21)25/h6-9,15-17,19H,3-5,10-14H2,1-2H3,(H,30,34). The largest absolute Gasteiger partial charge is 0.451 e. The third-order valence-electron chi connectivity index (χ3n) is 7.25. The summed E-state index contributed by atoms with van der Waals surface area (Å²) in [5.74, 6) is -0.856. The normalized spacial score (nSPS) is 14.9. The van der Waals surface area contributed by atoms with Crippen LogP contribution in [-0.4, -0.2) is 76.9 Å². The summed E-state index contributed by atoms with van der Waals surface area (Å²) in [7, 11) is -7.13. The van der Waals surface area contributed by atoms with Crippen molar-refractivity contribution in [3.05, 3.63) is 65.5 Å². The Kier molecular flexibility index (Phi) is 7.83. The zero-order chi connectivity index (χ0) is 29.4. The van der Waals surface area contributed by atoms with E-state index in [9.17, 15) is 26.9 Å². The van der Waals surface area contributed by atoms with Crippen molar-refractivity contribution in [2.45, 2.75) is 19.3 Å². The Balaban J connectivity index is 1.15. The molecule has 0 saturated carbocycles. The molecule has 5 rings (SSSR count). The van der Waals surface area contributed by atoms with Crippen LogP contribution in [-0.2, 0) is 26.5 Å². The van der Waals surface area contributed by atoms with Crippen LogP contribution < -0.4 is 9.62 Å². The molecule has 0 bridgehead atoms. The van der Waals surface area contributed by atoms with E-state index in [0.29, 0.717) is 16.7 Å². The Hall–Kier alpha value is -3.86. The number of nitriles is 1. The Labute approximate surface area is 239 Å². The smallest absolute Gasteiger partial charge is 0.300 e. The quantitative estimate of drug-likeness (QED) is 0.288. The maximum absolute atomic E-state index is 12.3. The lowest BCUT2D eigenvalue weighted by molar-refractivity contribution is 0.0957. The average molecular weight is 598 g/mol. The molecule has 2 aromatic carbocycles. The molecule has 11 nitrogen and oxygen atoms in total. The van der Waals surface area contributed by atoms with Crippen molar-refractivity contribution in [3.8, 4) is 6.07 Å². The van der Waals surface area contributed by atoms with Gasteiger partial charge in [0, 0.05) is 48.8 Å². The maximum Gasteiger partial charge on any atom is 0.300 e. The van der Waals surface area contributed by atoms with Crippen LogP contribution in [0.25, 0.3) is 21.9 Å². The van der Waals surface area contributed by atoms with E-state index in [2.05, 4.69) is 15.9 Å². The topological polar surface area (TPSA) is 146 Å². The van der Waals surface area contributed by atoms with E-state index < -0.39 is 26.0 Å². The lowest BCUT2D eigenvalue weighted by Crippen LogP contribution is -2.46. The summed E-state index contributed by atoms with van der Waals surface area (Å²) in [6.45, 7) is 4.39. The summed E-state index contributed by atoms with van der Waals surface area (Å²) in [5, 5.41) is 10.8. The first-order valence-electron chi connectivity index (χ1n) is 13.2. The molecule has 1 amide bonds. The van der Waals surface area contributed by atoms with Gasteiger partial charge in [-0.15, -0.1) is 0 Å². The van der Waals surface area contributed by atoms with Gasteiger partial charge in [0.1, 0.15) is 5.58 Å². The van der Waals surface area contributed by atoms with Crippen LogP contribution in [0.15, 0.2) is 53.1 Å². The molecule has 0 radical (unpaired) electrons. The number of nitrogens with one attached hydrogen (secondary N) is 1. The van der Waals surface area contributed by atoms with Gasteiger partial charge in [-0.2, -0.15) is 5.26 Å². The maximum atomic E-state index is 12.3. The molecule has 1 aliphatic rings. The van der Waals surface area contributed by atoms with Crippen molar-refractivity contribution in [1.82, 2.24) is 13.6 Å². The lowest BCUT2D eigenvalue weighted by Gasteiger charge is -2.36. The van der Waals surface area contributed by atoms with Crippen molar-refractivity contribution in [1.29, 1.82) is 5.26 Å². The third kappa shape index (κ3) is 6.56. The highest BCUT2D eigenvalue weighted by Crippen LogP contribution is 2.27. The van der Waals surface area contributed by atoms with Gasteiger partial charge in [-0.05, 0) is 73.8 Å². The molecule has 0 aliphatic carbocycles. The molecular formula is C28H31N5O6S2. The molecule has 41 heavy (non-hydrogen) atoms. The second-order valence-corrected chi connectivity index (χ2v) is 14.0. The minimum Gasteiger partial charge on any atom is -0.451 e. The molecule has 3 heterocycles. The number of rotatable bonds is 9. The Morgan fingerprint density at radius 1 is 1.00 bits per heavy atom. The Bertz CT molecular complexity index is 1880. The number of benzene rings is 2.